The Morgan fingerprint density at radius 1 is 1.43 bits per heavy atom. The zero-order valence-electron chi connectivity index (χ0n) is 12.1. The molecular formula is C16H21ClN2O2. The molecule has 4 nitrogen and oxygen atoms in total. The van der Waals surface area contributed by atoms with Crippen molar-refractivity contribution in [1.82, 2.24) is 10.2 Å². The van der Waals surface area contributed by atoms with Gasteiger partial charge in [-0.25, -0.2) is 0 Å². The van der Waals surface area contributed by atoms with Crippen LogP contribution in [0.4, 0.5) is 0 Å². The van der Waals surface area contributed by atoms with Crippen molar-refractivity contribution in [1.29, 1.82) is 0 Å². The van der Waals surface area contributed by atoms with Gasteiger partial charge in [0.1, 0.15) is 6.61 Å². The van der Waals surface area contributed by atoms with Crippen molar-refractivity contribution < 1.29 is 9.53 Å². The van der Waals surface area contributed by atoms with Gasteiger partial charge in [0.15, 0.2) is 0 Å². The highest BCUT2D eigenvalue weighted by Gasteiger charge is 2.28. The smallest absolute Gasteiger partial charge is 0.249 e. The molecule has 1 atom stereocenters. The fraction of sp³-hybridized carbons (Fsp3) is 0.562. The molecule has 0 bridgehead atoms. The minimum absolute atomic E-state index is 0.0366. The second-order valence-electron chi connectivity index (χ2n) is 5.82. The van der Waals surface area contributed by atoms with E-state index in [1.165, 1.54) is 12.8 Å². The maximum absolute atomic E-state index is 12.4. The lowest BCUT2D eigenvalue weighted by Crippen LogP contribution is -2.49. The number of hydrogen-bond acceptors (Lipinski definition) is 3. The van der Waals surface area contributed by atoms with Crippen LogP contribution in [0.2, 0.25) is 5.02 Å². The average molecular weight is 309 g/mol. The Morgan fingerprint density at radius 2 is 2.29 bits per heavy atom. The van der Waals surface area contributed by atoms with Gasteiger partial charge in [-0.2, -0.15) is 0 Å². The Bertz CT molecular complexity index is 505. The summed E-state index contributed by atoms with van der Waals surface area (Å²) >= 11 is 6.07. The molecule has 1 amide bonds. The van der Waals surface area contributed by atoms with Crippen molar-refractivity contribution >= 4 is 17.5 Å². The third-order valence-electron chi connectivity index (χ3n) is 4.07. The highest BCUT2D eigenvalue weighted by molar-refractivity contribution is 6.30. The Morgan fingerprint density at radius 3 is 3.05 bits per heavy atom. The van der Waals surface area contributed by atoms with E-state index in [1.807, 2.05) is 29.2 Å². The van der Waals surface area contributed by atoms with Crippen molar-refractivity contribution in [3.63, 3.8) is 0 Å². The Kier molecular flexibility index (Phi) is 4.78. The number of piperazine rings is 1. The van der Waals surface area contributed by atoms with Crippen molar-refractivity contribution in [3.8, 4) is 0 Å². The van der Waals surface area contributed by atoms with Crippen molar-refractivity contribution in [2.45, 2.75) is 18.9 Å². The number of amides is 1. The zero-order chi connectivity index (χ0) is 14.7. The van der Waals surface area contributed by atoms with Crippen LogP contribution >= 0.6 is 11.6 Å². The normalized spacial score (nSPS) is 22.3. The highest BCUT2D eigenvalue weighted by atomic mass is 35.5. The van der Waals surface area contributed by atoms with Gasteiger partial charge in [0.25, 0.3) is 0 Å². The quantitative estimate of drug-likeness (QED) is 0.907. The number of rotatable bonds is 5. The number of nitrogens with zero attached hydrogens (tertiary/aromatic N) is 1. The SMILES string of the molecule is O=C(COCC1CC1)N1CCNCC1c1cccc(Cl)c1. The van der Waals surface area contributed by atoms with Crippen LogP contribution in [0, 0.1) is 5.92 Å². The van der Waals surface area contributed by atoms with Gasteiger partial charge in [-0.3, -0.25) is 4.79 Å². The van der Waals surface area contributed by atoms with Gasteiger partial charge in [-0.1, -0.05) is 23.7 Å². The topological polar surface area (TPSA) is 41.6 Å². The third-order valence-corrected chi connectivity index (χ3v) is 4.31. The van der Waals surface area contributed by atoms with Gasteiger partial charge in [0, 0.05) is 24.7 Å². The number of nitrogens with one attached hydrogen (secondary N) is 1. The number of carbonyl (C=O) groups is 1. The minimum Gasteiger partial charge on any atom is -0.371 e. The van der Waals surface area contributed by atoms with E-state index in [4.69, 9.17) is 16.3 Å². The first kappa shape index (κ1) is 14.8. The number of hydrogen-bond donors (Lipinski definition) is 1. The number of benzene rings is 1. The Hall–Kier alpha value is -1.10. The van der Waals surface area contributed by atoms with Gasteiger partial charge >= 0.3 is 0 Å². The third kappa shape index (κ3) is 3.96. The second kappa shape index (κ2) is 6.77. The first-order chi connectivity index (χ1) is 10.2. The van der Waals surface area contributed by atoms with E-state index < -0.39 is 0 Å². The molecule has 114 valence electrons. The van der Waals surface area contributed by atoms with Crippen LogP contribution in [0.3, 0.4) is 0 Å². The molecule has 2 fully saturated rings. The fourth-order valence-electron chi connectivity index (χ4n) is 2.69. The molecule has 1 aromatic rings. The molecule has 1 aliphatic heterocycles. The molecule has 5 heteroatoms. The van der Waals surface area contributed by atoms with Crippen molar-refractivity contribution in [3.05, 3.63) is 34.9 Å². The molecule has 21 heavy (non-hydrogen) atoms. The zero-order valence-corrected chi connectivity index (χ0v) is 12.8. The lowest BCUT2D eigenvalue weighted by atomic mass is 10.0. The summed E-state index contributed by atoms with van der Waals surface area (Å²) in [6, 6.07) is 7.78. The minimum atomic E-state index is 0.0366. The molecule has 1 saturated carbocycles. The van der Waals surface area contributed by atoms with Crippen LogP contribution in [0.25, 0.3) is 0 Å². The van der Waals surface area contributed by atoms with Crippen molar-refractivity contribution in [2.75, 3.05) is 32.8 Å². The lowest BCUT2D eigenvalue weighted by molar-refractivity contribution is -0.139. The summed E-state index contributed by atoms with van der Waals surface area (Å²) in [7, 11) is 0. The highest BCUT2D eigenvalue weighted by Crippen LogP contribution is 2.29. The van der Waals surface area contributed by atoms with Crippen molar-refractivity contribution in [2.24, 2.45) is 5.92 Å². The first-order valence-corrected chi connectivity index (χ1v) is 7.95. The summed E-state index contributed by atoms with van der Waals surface area (Å²) in [5.41, 5.74) is 1.07. The van der Waals surface area contributed by atoms with E-state index in [2.05, 4.69) is 5.32 Å². The predicted molar refractivity (Wildman–Crippen MR) is 82.3 cm³/mol. The average Bonchev–Trinajstić information content (AvgIpc) is 3.31. The molecule has 0 radical (unpaired) electrons. The number of ether oxygens (including phenoxy) is 1. The first-order valence-electron chi connectivity index (χ1n) is 7.57. The molecule has 0 spiro atoms. The molecular weight excluding hydrogens is 288 g/mol. The van der Waals surface area contributed by atoms with Gasteiger partial charge in [-0.05, 0) is 36.5 Å². The molecule has 1 saturated heterocycles. The lowest BCUT2D eigenvalue weighted by Gasteiger charge is -2.36. The standard InChI is InChI=1S/C16H21ClN2O2/c17-14-3-1-2-13(8-14)15-9-18-6-7-19(15)16(20)11-21-10-12-4-5-12/h1-3,8,12,15,18H,4-7,9-11H2. The van der Waals surface area contributed by atoms with Crippen LogP contribution in [0.15, 0.2) is 24.3 Å². The maximum Gasteiger partial charge on any atom is 0.249 e. The molecule has 1 aromatic carbocycles. The van der Waals surface area contributed by atoms with Crippen LogP contribution < -0.4 is 5.32 Å². The summed E-state index contributed by atoms with van der Waals surface area (Å²) in [6.07, 6.45) is 2.49. The van der Waals surface area contributed by atoms with Gasteiger partial charge in [-0.15, -0.1) is 0 Å². The molecule has 1 heterocycles. The second-order valence-corrected chi connectivity index (χ2v) is 6.26. The number of halogens is 1. The molecule has 1 unspecified atom stereocenters. The van der Waals surface area contributed by atoms with Gasteiger partial charge in [0.2, 0.25) is 5.91 Å². The van der Waals surface area contributed by atoms with Crippen LogP contribution in [-0.4, -0.2) is 43.7 Å². The predicted octanol–water partition coefficient (Wildman–Crippen LogP) is 2.24. The number of carbonyl (C=O) groups excluding carboxylic acids is 1. The van der Waals surface area contributed by atoms with E-state index in [9.17, 15) is 4.79 Å². The molecule has 1 aliphatic carbocycles. The largest absolute Gasteiger partial charge is 0.371 e. The Labute approximate surface area is 130 Å². The van der Waals surface area contributed by atoms with Crippen LogP contribution in [0.1, 0.15) is 24.4 Å². The summed E-state index contributed by atoms with van der Waals surface area (Å²) < 4.78 is 5.54. The molecule has 0 aromatic heterocycles. The molecule has 1 N–H and O–H groups in total. The summed E-state index contributed by atoms with van der Waals surface area (Å²) in [5, 5.41) is 4.05. The van der Waals surface area contributed by atoms with E-state index >= 15 is 0 Å². The monoisotopic (exact) mass is 308 g/mol. The van der Waals surface area contributed by atoms with Crippen LogP contribution in [0.5, 0.6) is 0 Å². The Balaban J connectivity index is 1.63. The summed E-state index contributed by atoms with van der Waals surface area (Å²) in [5.74, 6) is 0.756. The van der Waals surface area contributed by atoms with E-state index in [0.717, 1.165) is 25.3 Å². The summed E-state index contributed by atoms with van der Waals surface area (Å²) in [6.45, 7) is 3.20. The van der Waals surface area contributed by atoms with Gasteiger partial charge < -0.3 is 15.0 Å². The molecule has 2 aliphatic rings. The van der Waals surface area contributed by atoms with E-state index in [-0.39, 0.29) is 18.6 Å². The van der Waals surface area contributed by atoms with E-state index in [0.29, 0.717) is 17.5 Å². The molecule has 3 rings (SSSR count). The fourth-order valence-corrected chi connectivity index (χ4v) is 2.89. The van der Waals surface area contributed by atoms with Gasteiger partial charge in [0.05, 0.1) is 12.6 Å². The summed E-state index contributed by atoms with van der Waals surface area (Å²) in [4.78, 5) is 14.3. The van der Waals surface area contributed by atoms with Crippen LogP contribution in [-0.2, 0) is 9.53 Å². The van der Waals surface area contributed by atoms with E-state index in [1.54, 1.807) is 0 Å². The maximum atomic E-state index is 12.4.